The number of fused-ring (bicyclic) bond motifs is 2. The first-order valence-electron chi connectivity index (χ1n) is 10.1. The van der Waals surface area contributed by atoms with Gasteiger partial charge in [0, 0.05) is 12.2 Å². The van der Waals surface area contributed by atoms with Gasteiger partial charge in [-0.25, -0.2) is 9.59 Å². The molecule has 1 fully saturated rings. The standard InChI is InChI=1S/C22H32N2O4/c1-21(2,3)27-19(25)23-12-8-11-18(23)15-13-16-9-7-10-17(14-15)24(16)20(26)28-22(4,5)6/h8,11-13,16-17H,7,9-10,14H2,1-6H3. The number of ether oxygens (including phenoxy) is 2. The van der Waals surface area contributed by atoms with Gasteiger partial charge in [0.1, 0.15) is 11.2 Å². The van der Waals surface area contributed by atoms with Crippen molar-refractivity contribution in [2.45, 2.75) is 90.5 Å². The van der Waals surface area contributed by atoms with E-state index in [-0.39, 0.29) is 24.3 Å². The number of carbonyl (C=O) groups excluding carboxylic acids is 2. The van der Waals surface area contributed by atoms with Gasteiger partial charge in [-0.05, 0) is 84.9 Å². The largest absolute Gasteiger partial charge is 0.444 e. The Kier molecular flexibility index (Phi) is 5.34. The first kappa shape index (κ1) is 20.5. The normalized spacial score (nSPS) is 22.5. The number of hydrogen-bond acceptors (Lipinski definition) is 4. The number of piperidine rings is 1. The highest BCUT2D eigenvalue weighted by molar-refractivity contribution is 5.80. The van der Waals surface area contributed by atoms with E-state index in [4.69, 9.17) is 9.47 Å². The van der Waals surface area contributed by atoms with Crippen molar-refractivity contribution in [3.63, 3.8) is 0 Å². The van der Waals surface area contributed by atoms with Crippen molar-refractivity contribution < 1.29 is 19.1 Å². The highest BCUT2D eigenvalue weighted by atomic mass is 16.6. The lowest BCUT2D eigenvalue weighted by Crippen LogP contribution is -2.53. The third kappa shape index (κ3) is 4.59. The number of aromatic nitrogens is 1. The van der Waals surface area contributed by atoms with Gasteiger partial charge in [-0.1, -0.05) is 6.08 Å². The average molecular weight is 389 g/mol. The van der Waals surface area contributed by atoms with Gasteiger partial charge < -0.3 is 9.47 Å². The molecule has 0 spiro atoms. The lowest BCUT2D eigenvalue weighted by molar-refractivity contribution is -0.0000232. The maximum Gasteiger partial charge on any atom is 0.418 e. The molecule has 1 saturated heterocycles. The van der Waals surface area contributed by atoms with E-state index >= 15 is 0 Å². The van der Waals surface area contributed by atoms with Crippen LogP contribution in [-0.2, 0) is 9.47 Å². The summed E-state index contributed by atoms with van der Waals surface area (Å²) in [5.41, 5.74) is 0.866. The van der Waals surface area contributed by atoms with Gasteiger partial charge in [0.25, 0.3) is 0 Å². The van der Waals surface area contributed by atoms with Crippen LogP contribution in [-0.4, -0.2) is 44.9 Å². The summed E-state index contributed by atoms with van der Waals surface area (Å²) in [6.07, 6.45) is 6.88. The number of hydrogen-bond donors (Lipinski definition) is 0. The SMILES string of the molecule is CC(C)(C)OC(=O)N1C2C=C(c3cccn3C(=O)OC(C)(C)C)CC1CCC2. The van der Waals surface area contributed by atoms with Gasteiger partial charge in [0.05, 0.1) is 11.7 Å². The lowest BCUT2D eigenvalue weighted by atomic mass is 9.84. The Balaban J connectivity index is 1.86. The van der Waals surface area contributed by atoms with Gasteiger partial charge in [-0.3, -0.25) is 9.47 Å². The Labute approximate surface area is 167 Å². The second-order valence-corrected chi connectivity index (χ2v) is 9.68. The lowest BCUT2D eigenvalue weighted by Gasteiger charge is -2.45. The molecule has 2 aliphatic heterocycles. The summed E-state index contributed by atoms with van der Waals surface area (Å²) in [7, 11) is 0. The summed E-state index contributed by atoms with van der Waals surface area (Å²) in [5.74, 6) is 0. The molecule has 3 heterocycles. The first-order valence-corrected chi connectivity index (χ1v) is 10.1. The van der Waals surface area contributed by atoms with Gasteiger partial charge in [-0.2, -0.15) is 0 Å². The maximum absolute atomic E-state index is 12.7. The summed E-state index contributed by atoms with van der Waals surface area (Å²) >= 11 is 0. The monoisotopic (exact) mass is 388 g/mol. The predicted molar refractivity (Wildman–Crippen MR) is 108 cm³/mol. The molecule has 1 amide bonds. The second-order valence-electron chi connectivity index (χ2n) is 9.68. The summed E-state index contributed by atoms with van der Waals surface area (Å²) < 4.78 is 12.7. The molecule has 2 aliphatic rings. The third-order valence-corrected chi connectivity index (χ3v) is 4.91. The van der Waals surface area contributed by atoms with Gasteiger partial charge >= 0.3 is 12.2 Å². The molecule has 6 heteroatoms. The fourth-order valence-corrected chi connectivity index (χ4v) is 3.93. The van der Waals surface area contributed by atoms with Crippen molar-refractivity contribution in [2.24, 2.45) is 0 Å². The molecular formula is C22H32N2O4. The number of amides is 1. The molecule has 0 aromatic carbocycles. The topological polar surface area (TPSA) is 60.8 Å². The molecule has 0 radical (unpaired) electrons. The van der Waals surface area contributed by atoms with Crippen molar-refractivity contribution in [1.29, 1.82) is 0 Å². The van der Waals surface area contributed by atoms with Crippen molar-refractivity contribution in [3.8, 4) is 0 Å². The molecular weight excluding hydrogens is 356 g/mol. The molecule has 6 nitrogen and oxygen atoms in total. The number of nitrogens with zero attached hydrogens (tertiary/aromatic N) is 2. The average Bonchev–Trinajstić information content (AvgIpc) is 2.99. The minimum absolute atomic E-state index is 0.000614. The van der Waals surface area contributed by atoms with Crippen LogP contribution in [0.1, 0.15) is 72.9 Å². The quantitative estimate of drug-likeness (QED) is 0.662. The highest BCUT2D eigenvalue weighted by Crippen LogP contribution is 2.38. The zero-order valence-electron chi connectivity index (χ0n) is 17.8. The summed E-state index contributed by atoms with van der Waals surface area (Å²) in [6.45, 7) is 11.2. The van der Waals surface area contributed by atoms with E-state index in [1.807, 2.05) is 58.6 Å². The molecule has 1 aromatic heterocycles. The summed E-state index contributed by atoms with van der Waals surface area (Å²) in [6, 6.07) is 3.89. The highest BCUT2D eigenvalue weighted by Gasteiger charge is 2.40. The Hall–Kier alpha value is -2.24. The van der Waals surface area contributed by atoms with Crippen LogP contribution in [0, 0.1) is 0 Å². The molecule has 154 valence electrons. The van der Waals surface area contributed by atoms with E-state index in [1.54, 1.807) is 10.8 Å². The van der Waals surface area contributed by atoms with Gasteiger partial charge in [0.15, 0.2) is 0 Å². The predicted octanol–water partition coefficient (Wildman–Crippen LogP) is 5.22. The minimum Gasteiger partial charge on any atom is -0.444 e. The molecule has 2 bridgehead atoms. The van der Waals surface area contributed by atoms with E-state index in [0.29, 0.717) is 6.42 Å². The Morgan fingerprint density at radius 2 is 1.64 bits per heavy atom. The minimum atomic E-state index is -0.552. The molecule has 0 aliphatic carbocycles. The molecule has 28 heavy (non-hydrogen) atoms. The van der Waals surface area contributed by atoms with Crippen LogP contribution in [0.3, 0.4) is 0 Å². The smallest absolute Gasteiger partial charge is 0.418 e. The Morgan fingerprint density at radius 3 is 2.25 bits per heavy atom. The fourth-order valence-electron chi connectivity index (χ4n) is 3.93. The van der Waals surface area contributed by atoms with Crippen molar-refractivity contribution in [3.05, 3.63) is 30.1 Å². The van der Waals surface area contributed by atoms with Gasteiger partial charge in [0.2, 0.25) is 0 Å². The van der Waals surface area contributed by atoms with E-state index in [2.05, 4.69) is 6.08 Å². The van der Waals surface area contributed by atoms with Crippen LogP contribution in [0.4, 0.5) is 9.59 Å². The summed E-state index contributed by atoms with van der Waals surface area (Å²) in [4.78, 5) is 27.2. The van der Waals surface area contributed by atoms with E-state index in [1.165, 1.54) is 0 Å². The Morgan fingerprint density at radius 1 is 1.00 bits per heavy atom. The van der Waals surface area contributed by atoms with Crippen LogP contribution < -0.4 is 0 Å². The van der Waals surface area contributed by atoms with E-state index < -0.39 is 11.2 Å². The zero-order valence-corrected chi connectivity index (χ0v) is 17.8. The molecule has 2 unspecified atom stereocenters. The summed E-state index contributed by atoms with van der Waals surface area (Å²) in [5, 5.41) is 0. The Bertz CT molecular complexity index is 779. The molecule has 0 saturated carbocycles. The fraction of sp³-hybridized carbons (Fsp3) is 0.636. The first-order chi connectivity index (χ1) is 12.9. The van der Waals surface area contributed by atoms with Crippen LogP contribution in [0.25, 0.3) is 5.57 Å². The van der Waals surface area contributed by atoms with Crippen LogP contribution in [0.2, 0.25) is 0 Å². The zero-order chi connectivity index (χ0) is 20.7. The number of carbonyl (C=O) groups is 2. The van der Waals surface area contributed by atoms with Crippen LogP contribution >= 0.6 is 0 Å². The van der Waals surface area contributed by atoms with Crippen LogP contribution in [0.5, 0.6) is 0 Å². The second kappa shape index (κ2) is 7.30. The van der Waals surface area contributed by atoms with Crippen molar-refractivity contribution in [2.75, 3.05) is 0 Å². The maximum atomic E-state index is 12.7. The van der Waals surface area contributed by atoms with E-state index in [9.17, 15) is 9.59 Å². The molecule has 0 N–H and O–H groups in total. The third-order valence-electron chi connectivity index (χ3n) is 4.91. The van der Waals surface area contributed by atoms with Crippen molar-refractivity contribution >= 4 is 17.8 Å². The van der Waals surface area contributed by atoms with Gasteiger partial charge in [-0.15, -0.1) is 0 Å². The molecule has 1 aromatic rings. The van der Waals surface area contributed by atoms with Crippen molar-refractivity contribution in [1.82, 2.24) is 9.47 Å². The molecule has 3 rings (SSSR count). The van der Waals surface area contributed by atoms with Crippen LogP contribution in [0.15, 0.2) is 24.4 Å². The molecule has 2 atom stereocenters. The number of rotatable bonds is 1. The van der Waals surface area contributed by atoms with E-state index in [0.717, 1.165) is 30.5 Å².